The Morgan fingerprint density at radius 3 is 2.55 bits per heavy atom. The van der Waals surface area contributed by atoms with E-state index in [9.17, 15) is 4.79 Å². The minimum absolute atomic E-state index is 0.000986. The van der Waals surface area contributed by atoms with Gasteiger partial charge in [0.15, 0.2) is 0 Å². The summed E-state index contributed by atoms with van der Waals surface area (Å²) in [5.41, 5.74) is 4.82. The number of carbonyl (C=O) groups excluding carboxylic acids is 1. The van der Waals surface area contributed by atoms with Crippen molar-refractivity contribution in [2.75, 3.05) is 40.0 Å². The maximum Gasteiger partial charge on any atom is 0.407 e. The van der Waals surface area contributed by atoms with Gasteiger partial charge in [-0.2, -0.15) is 0 Å². The van der Waals surface area contributed by atoms with Crippen molar-refractivity contribution in [1.29, 1.82) is 0 Å². The van der Waals surface area contributed by atoms with Gasteiger partial charge in [0.05, 0.1) is 12.6 Å². The molecule has 2 aromatic rings. The van der Waals surface area contributed by atoms with Crippen LogP contribution in [0.2, 0.25) is 0 Å². The Hall–Kier alpha value is -2.57. The van der Waals surface area contributed by atoms with Gasteiger partial charge in [0.1, 0.15) is 18.5 Å². The Morgan fingerprint density at radius 2 is 1.82 bits per heavy atom. The second kappa shape index (κ2) is 10.1. The molecule has 6 nitrogen and oxygen atoms in total. The van der Waals surface area contributed by atoms with Crippen molar-refractivity contribution in [2.24, 2.45) is 5.92 Å². The molecule has 1 unspecified atom stereocenters. The lowest BCUT2D eigenvalue weighted by molar-refractivity contribution is -0.0340. The van der Waals surface area contributed by atoms with Gasteiger partial charge in [0.25, 0.3) is 0 Å². The van der Waals surface area contributed by atoms with Gasteiger partial charge >= 0.3 is 6.09 Å². The highest BCUT2D eigenvalue weighted by atomic mass is 16.6. The molecule has 1 amide bonds. The van der Waals surface area contributed by atoms with E-state index in [-0.39, 0.29) is 18.2 Å². The van der Waals surface area contributed by atoms with Crippen LogP contribution >= 0.6 is 0 Å². The third-order valence-corrected chi connectivity index (χ3v) is 7.35. The molecule has 6 heteroatoms. The summed E-state index contributed by atoms with van der Waals surface area (Å²) < 4.78 is 16.6. The Bertz CT molecular complexity index is 953. The van der Waals surface area contributed by atoms with E-state index in [4.69, 9.17) is 14.2 Å². The van der Waals surface area contributed by atoms with Crippen LogP contribution in [0.25, 0.3) is 11.1 Å². The molecule has 4 aliphatic rings. The first-order valence-corrected chi connectivity index (χ1v) is 12.2. The summed E-state index contributed by atoms with van der Waals surface area (Å²) in [6.07, 6.45) is 5.12. The molecule has 2 atom stereocenters. The van der Waals surface area contributed by atoms with Gasteiger partial charge in [-0.05, 0) is 91.6 Å². The van der Waals surface area contributed by atoms with Gasteiger partial charge in [-0.3, -0.25) is 4.90 Å². The number of nitrogens with zero attached hydrogens (tertiary/aromatic N) is 1. The Kier molecular flexibility index (Phi) is 6.83. The van der Waals surface area contributed by atoms with E-state index < -0.39 is 0 Å². The van der Waals surface area contributed by atoms with E-state index in [0.717, 1.165) is 68.6 Å². The number of hydrogen-bond donors (Lipinski definition) is 1. The molecule has 0 aromatic heterocycles. The van der Waals surface area contributed by atoms with Crippen LogP contribution in [0, 0.1) is 5.92 Å². The first-order valence-electron chi connectivity index (χ1n) is 12.2. The molecule has 33 heavy (non-hydrogen) atoms. The highest BCUT2D eigenvalue weighted by molar-refractivity contribution is 5.70. The molecule has 176 valence electrons. The van der Waals surface area contributed by atoms with Crippen LogP contribution in [0.5, 0.6) is 5.75 Å². The van der Waals surface area contributed by atoms with E-state index in [1.807, 2.05) is 12.1 Å². The van der Waals surface area contributed by atoms with Gasteiger partial charge in [-0.1, -0.05) is 24.3 Å². The number of benzene rings is 2. The maximum atomic E-state index is 12.8. The van der Waals surface area contributed by atoms with Crippen LogP contribution in [0.3, 0.4) is 0 Å². The van der Waals surface area contributed by atoms with Gasteiger partial charge < -0.3 is 19.5 Å². The average Bonchev–Trinajstić information content (AvgIpc) is 2.85. The number of hydrogen-bond acceptors (Lipinski definition) is 5. The minimum atomic E-state index is -0.269. The van der Waals surface area contributed by atoms with E-state index >= 15 is 0 Å². The van der Waals surface area contributed by atoms with E-state index in [0.29, 0.717) is 19.1 Å². The lowest BCUT2D eigenvalue weighted by Crippen LogP contribution is -2.52. The van der Waals surface area contributed by atoms with Gasteiger partial charge in [-0.25, -0.2) is 4.79 Å². The number of alkyl carbamates (subject to hydrolysis) is 1. The van der Waals surface area contributed by atoms with Crippen molar-refractivity contribution in [3.8, 4) is 16.9 Å². The number of methoxy groups -OCH3 is 1. The summed E-state index contributed by atoms with van der Waals surface area (Å²) in [6.45, 7) is 4.28. The van der Waals surface area contributed by atoms with Crippen molar-refractivity contribution in [2.45, 2.75) is 44.2 Å². The highest BCUT2D eigenvalue weighted by Crippen LogP contribution is 2.34. The summed E-state index contributed by atoms with van der Waals surface area (Å²) in [7, 11) is 1.67. The highest BCUT2D eigenvalue weighted by Gasteiger charge is 2.37. The van der Waals surface area contributed by atoms with Crippen molar-refractivity contribution >= 4 is 6.09 Å². The van der Waals surface area contributed by atoms with Gasteiger partial charge in [-0.15, -0.1) is 0 Å². The normalized spacial score (nSPS) is 25.8. The molecule has 1 aliphatic carbocycles. The van der Waals surface area contributed by atoms with Crippen LogP contribution in [0.15, 0.2) is 42.5 Å². The van der Waals surface area contributed by atoms with Crippen LogP contribution in [-0.2, 0) is 15.9 Å². The summed E-state index contributed by atoms with van der Waals surface area (Å²) in [5, 5.41) is 3.19. The van der Waals surface area contributed by atoms with Crippen LogP contribution in [-0.4, -0.2) is 57.1 Å². The molecule has 2 aromatic carbocycles. The molecule has 3 fully saturated rings. The molecule has 3 saturated heterocycles. The fourth-order valence-corrected chi connectivity index (χ4v) is 5.47. The number of piperidine rings is 3. The second-order valence-electron chi connectivity index (χ2n) is 9.45. The van der Waals surface area contributed by atoms with E-state index in [1.165, 1.54) is 11.1 Å². The van der Waals surface area contributed by atoms with E-state index in [1.54, 1.807) is 7.11 Å². The first-order chi connectivity index (χ1) is 16.2. The van der Waals surface area contributed by atoms with Crippen LogP contribution < -0.4 is 10.1 Å². The fraction of sp³-hybridized carbons (Fsp3) is 0.519. The standard InChI is InChI=1S/C27H34N2O4/c1-31-15-16-32-23-9-7-19(8-10-23)22-6-5-20-3-2-4-25(24(20)17-22)28-27(30)33-26-18-29-13-11-21(26)12-14-29/h5-10,17,21,25-26H,2-4,11-16,18H2,1H3,(H,28,30)/t25?,26-/m1/s1. The lowest BCUT2D eigenvalue weighted by atomic mass is 9.85. The lowest BCUT2D eigenvalue weighted by Gasteiger charge is -2.44. The summed E-state index contributed by atoms with van der Waals surface area (Å²) in [5.74, 6) is 1.36. The zero-order valence-electron chi connectivity index (χ0n) is 19.4. The van der Waals surface area contributed by atoms with Crippen LogP contribution in [0.4, 0.5) is 4.79 Å². The zero-order valence-corrected chi connectivity index (χ0v) is 19.4. The molecule has 3 heterocycles. The number of fused-ring (bicyclic) bond motifs is 4. The van der Waals surface area contributed by atoms with Crippen molar-refractivity contribution in [3.63, 3.8) is 0 Å². The Balaban J connectivity index is 1.26. The predicted octanol–water partition coefficient (Wildman–Crippen LogP) is 4.58. The van der Waals surface area contributed by atoms with Crippen molar-refractivity contribution in [1.82, 2.24) is 10.2 Å². The molecule has 0 radical (unpaired) electrons. The number of rotatable bonds is 7. The van der Waals surface area contributed by atoms with Gasteiger partial charge in [0, 0.05) is 13.7 Å². The third kappa shape index (κ3) is 5.17. The second-order valence-corrected chi connectivity index (χ2v) is 9.45. The Labute approximate surface area is 196 Å². The molecule has 1 N–H and O–H groups in total. The number of amides is 1. The Morgan fingerprint density at radius 1 is 1.03 bits per heavy atom. The topological polar surface area (TPSA) is 60.0 Å². The maximum absolute atomic E-state index is 12.8. The largest absolute Gasteiger partial charge is 0.491 e. The summed E-state index contributed by atoms with van der Waals surface area (Å²) in [4.78, 5) is 15.2. The smallest absolute Gasteiger partial charge is 0.407 e. The number of carbonyl (C=O) groups is 1. The number of ether oxygens (including phenoxy) is 3. The summed E-state index contributed by atoms with van der Waals surface area (Å²) >= 11 is 0. The quantitative estimate of drug-likeness (QED) is 0.626. The van der Waals surface area contributed by atoms with Crippen molar-refractivity contribution < 1.29 is 19.0 Å². The summed E-state index contributed by atoms with van der Waals surface area (Å²) in [6, 6.07) is 14.8. The first kappa shape index (κ1) is 22.2. The van der Waals surface area contributed by atoms with E-state index in [2.05, 4.69) is 40.5 Å². The molecule has 0 spiro atoms. The monoisotopic (exact) mass is 450 g/mol. The number of nitrogens with one attached hydrogen (secondary N) is 1. The molecular weight excluding hydrogens is 416 g/mol. The molecule has 2 bridgehead atoms. The van der Waals surface area contributed by atoms with Crippen LogP contribution in [0.1, 0.15) is 42.9 Å². The van der Waals surface area contributed by atoms with Gasteiger partial charge in [0.2, 0.25) is 0 Å². The SMILES string of the molecule is COCCOc1ccc(-c2ccc3c(c2)C(NC(=O)O[C@@H]2CN4CCC2CC4)CCC3)cc1. The molecule has 3 aliphatic heterocycles. The minimum Gasteiger partial charge on any atom is -0.491 e. The molecular formula is C27H34N2O4. The zero-order chi connectivity index (χ0) is 22.6. The molecule has 6 rings (SSSR count). The van der Waals surface area contributed by atoms with Crippen molar-refractivity contribution in [3.05, 3.63) is 53.6 Å². The fourth-order valence-electron chi connectivity index (χ4n) is 5.47. The third-order valence-electron chi connectivity index (χ3n) is 7.35. The average molecular weight is 451 g/mol. The number of aryl methyl sites for hydroxylation is 1. The predicted molar refractivity (Wildman–Crippen MR) is 127 cm³/mol. The molecule has 0 saturated carbocycles.